The molecule has 0 aromatic carbocycles. The molecule has 0 bridgehead atoms. The average molecular weight is 285 g/mol. The zero-order chi connectivity index (χ0) is 10.8. The Bertz CT molecular complexity index is 519. The van der Waals surface area contributed by atoms with Crippen LogP contribution in [0.5, 0.6) is 0 Å². The van der Waals surface area contributed by atoms with Crippen LogP contribution in [0.2, 0.25) is 0 Å². The van der Waals surface area contributed by atoms with Gasteiger partial charge in [-0.05, 0) is 34.3 Å². The van der Waals surface area contributed by atoms with Crippen molar-refractivity contribution in [3.8, 4) is 10.6 Å². The molecular formula is C10H9BrN2OS. The molecule has 5 heteroatoms. The van der Waals surface area contributed by atoms with Crippen LogP contribution in [0, 0.1) is 0 Å². The van der Waals surface area contributed by atoms with Crippen LogP contribution in [0.25, 0.3) is 10.6 Å². The van der Waals surface area contributed by atoms with E-state index in [9.17, 15) is 4.79 Å². The third-order valence-electron chi connectivity index (χ3n) is 2.08. The van der Waals surface area contributed by atoms with Crippen LogP contribution in [0.3, 0.4) is 0 Å². The first kappa shape index (κ1) is 10.6. The molecule has 0 N–H and O–H groups in total. The summed E-state index contributed by atoms with van der Waals surface area (Å²) in [7, 11) is 0. The summed E-state index contributed by atoms with van der Waals surface area (Å²) in [6.45, 7) is 2.55. The van der Waals surface area contributed by atoms with Gasteiger partial charge in [0.25, 0.3) is 5.56 Å². The zero-order valence-corrected chi connectivity index (χ0v) is 10.5. The van der Waals surface area contributed by atoms with Crippen LogP contribution >= 0.6 is 27.3 Å². The van der Waals surface area contributed by atoms with Gasteiger partial charge in [-0.1, -0.05) is 6.07 Å². The minimum Gasteiger partial charge on any atom is -0.299 e. The molecule has 0 fully saturated rings. The molecule has 2 heterocycles. The van der Waals surface area contributed by atoms with Gasteiger partial charge in [0.05, 0.1) is 11.2 Å². The minimum absolute atomic E-state index is 0.0316. The molecule has 2 aromatic rings. The molecule has 0 unspecified atom stereocenters. The maximum absolute atomic E-state index is 11.8. The van der Waals surface area contributed by atoms with E-state index in [1.54, 1.807) is 22.2 Å². The summed E-state index contributed by atoms with van der Waals surface area (Å²) in [5.74, 6) is 0. The van der Waals surface area contributed by atoms with E-state index in [4.69, 9.17) is 0 Å². The zero-order valence-electron chi connectivity index (χ0n) is 8.11. The Kier molecular flexibility index (Phi) is 3.02. The summed E-state index contributed by atoms with van der Waals surface area (Å²) in [5.41, 5.74) is 0.690. The third-order valence-corrected chi connectivity index (χ3v) is 3.67. The average Bonchev–Trinajstić information content (AvgIpc) is 2.75. The highest BCUT2D eigenvalue weighted by Crippen LogP contribution is 2.26. The van der Waals surface area contributed by atoms with Crippen LogP contribution in [0.4, 0.5) is 0 Å². The van der Waals surface area contributed by atoms with Crippen molar-refractivity contribution in [1.82, 2.24) is 9.55 Å². The first-order valence-electron chi connectivity index (χ1n) is 4.53. The molecule has 0 radical (unpaired) electrons. The van der Waals surface area contributed by atoms with Crippen molar-refractivity contribution in [2.45, 2.75) is 13.5 Å². The Hall–Kier alpha value is -0.940. The fraction of sp³-hybridized carbons (Fsp3) is 0.200. The standard InChI is InChI=1S/C10H9BrN2OS/c1-2-13-6-12-9(8(11)10(13)14)7-4-3-5-15-7/h3-6H,2H2,1H3. The third kappa shape index (κ3) is 1.89. The lowest BCUT2D eigenvalue weighted by atomic mass is 10.3. The number of aryl methyl sites for hydroxylation is 1. The highest BCUT2D eigenvalue weighted by atomic mass is 79.9. The molecule has 3 nitrogen and oxygen atoms in total. The van der Waals surface area contributed by atoms with Gasteiger partial charge in [-0.2, -0.15) is 0 Å². The van der Waals surface area contributed by atoms with E-state index in [2.05, 4.69) is 20.9 Å². The van der Waals surface area contributed by atoms with Crippen molar-refractivity contribution in [2.75, 3.05) is 0 Å². The van der Waals surface area contributed by atoms with Gasteiger partial charge in [-0.15, -0.1) is 11.3 Å². The van der Waals surface area contributed by atoms with Gasteiger partial charge in [0.2, 0.25) is 0 Å². The fourth-order valence-electron chi connectivity index (χ4n) is 1.27. The Balaban J connectivity index is 2.62. The molecule has 0 spiro atoms. The van der Waals surface area contributed by atoms with Crippen LogP contribution in [-0.4, -0.2) is 9.55 Å². The first-order valence-corrected chi connectivity index (χ1v) is 6.20. The minimum atomic E-state index is -0.0316. The molecule has 2 rings (SSSR count). The largest absolute Gasteiger partial charge is 0.299 e. The van der Waals surface area contributed by atoms with Crippen molar-refractivity contribution in [1.29, 1.82) is 0 Å². The molecule has 2 aromatic heterocycles. The number of aromatic nitrogens is 2. The molecule has 0 amide bonds. The molecule has 15 heavy (non-hydrogen) atoms. The predicted molar refractivity (Wildman–Crippen MR) is 65.2 cm³/mol. The SMILES string of the molecule is CCn1cnc(-c2cccs2)c(Br)c1=O. The predicted octanol–water partition coefficient (Wildman–Crippen LogP) is 2.75. The van der Waals surface area contributed by atoms with Crippen LogP contribution < -0.4 is 5.56 Å². The monoisotopic (exact) mass is 284 g/mol. The Morgan fingerprint density at radius 2 is 2.40 bits per heavy atom. The number of thiophene rings is 1. The Labute approximate surface area is 99.5 Å². The van der Waals surface area contributed by atoms with E-state index in [1.165, 1.54) is 0 Å². The number of rotatable bonds is 2. The van der Waals surface area contributed by atoms with Gasteiger partial charge in [0.1, 0.15) is 10.2 Å². The molecule has 78 valence electrons. The van der Waals surface area contributed by atoms with Crippen molar-refractivity contribution >= 4 is 27.3 Å². The smallest absolute Gasteiger partial charge is 0.268 e. The van der Waals surface area contributed by atoms with Gasteiger partial charge < -0.3 is 0 Å². The fourth-order valence-corrected chi connectivity index (χ4v) is 2.68. The summed E-state index contributed by atoms with van der Waals surface area (Å²) in [4.78, 5) is 17.1. The molecule has 0 aliphatic rings. The van der Waals surface area contributed by atoms with Gasteiger partial charge in [0.15, 0.2) is 0 Å². The summed E-state index contributed by atoms with van der Waals surface area (Å²) in [6.07, 6.45) is 1.59. The molecule has 0 atom stereocenters. The van der Waals surface area contributed by atoms with Gasteiger partial charge in [-0.25, -0.2) is 4.98 Å². The normalized spacial score (nSPS) is 10.5. The second-order valence-electron chi connectivity index (χ2n) is 2.98. The summed E-state index contributed by atoms with van der Waals surface area (Å²) in [5, 5.41) is 1.97. The maximum atomic E-state index is 11.8. The van der Waals surface area contributed by atoms with Crippen molar-refractivity contribution in [2.24, 2.45) is 0 Å². The van der Waals surface area contributed by atoms with E-state index in [0.717, 1.165) is 10.6 Å². The first-order chi connectivity index (χ1) is 7.24. The van der Waals surface area contributed by atoms with E-state index >= 15 is 0 Å². The van der Waals surface area contributed by atoms with E-state index < -0.39 is 0 Å². The van der Waals surface area contributed by atoms with Crippen LogP contribution in [0.1, 0.15) is 6.92 Å². The molecule has 0 aliphatic heterocycles. The Morgan fingerprint density at radius 1 is 1.60 bits per heavy atom. The number of hydrogen-bond donors (Lipinski definition) is 0. The molecule has 0 aliphatic carbocycles. The highest BCUT2D eigenvalue weighted by Gasteiger charge is 2.10. The van der Waals surface area contributed by atoms with Crippen LogP contribution in [-0.2, 0) is 6.54 Å². The lowest BCUT2D eigenvalue weighted by Crippen LogP contribution is -2.20. The lowest BCUT2D eigenvalue weighted by molar-refractivity contribution is 0.704. The van der Waals surface area contributed by atoms with Crippen LogP contribution in [0.15, 0.2) is 33.1 Å². The summed E-state index contributed by atoms with van der Waals surface area (Å²) < 4.78 is 2.11. The summed E-state index contributed by atoms with van der Waals surface area (Å²) in [6, 6.07) is 3.90. The van der Waals surface area contributed by atoms with E-state index in [1.807, 2.05) is 24.4 Å². The van der Waals surface area contributed by atoms with Crippen molar-refractivity contribution < 1.29 is 0 Å². The number of halogens is 1. The maximum Gasteiger partial charge on any atom is 0.268 e. The molecular weight excluding hydrogens is 276 g/mol. The second kappa shape index (κ2) is 4.28. The van der Waals surface area contributed by atoms with Gasteiger partial charge in [-0.3, -0.25) is 9.36 Å². The summed E-state index contributed by atoms with van der Waals surface area (Å²) >= 11 is 4.88. The van der Waals surface area contributed by atoms with Crippen molar-refractivity contribution in [3.05, 3.63) is 38.7 Å². The quantitative estimate of drug-likeness (QED) is 0.850. The Morgan fingerprint density at radius 3 is 3.00 bits per heavy atom. The topological polar surface area (TPSA) is 34.9 Å². The van der Waals surface area contributed by atoms with Gasteiger partial charge >= 0.3 is 0 Å². The molecule has 0 saturated heterocycles. The lowest BCUT2D eigenvalue weighted by Gasteiger charge is -2.04. The highest BCUT2D eigenvalue weighted by molar-refractivity contribution is 9.10. The second-order valence-corrected chi connectivity index (χ2v) is 4.72. The molecule has 0 saturated carbocycles. The number of hydrogen-bond acceptors (Lipinski definition) is 3. The number of nitrogens with zero attached hydrogens (tertiary/aromatic N) is 2. The van der Waals surface area contributed by atoms with Crippen molar-refractivity contribution in [3.63, 3.8) is 0 Å². The van der Waals surface area contributed by atoms with Gasteiger partial charge in [0, 0.05) is 6.54 Å². The van der Waals surface area contributed by atoms with E-state index in [-0.39, 0.29) is 5.56 Å². The van der Waals surface area contributed by atoms with E-state index in [0.29, 0.717) is 11.0 Å².